The highest BCUT2D eigenvalue weighted by Gasteiger charge is 2.43. The standard InChI is InChI=1S/C18H20F3N3O/c19-18(20,21)15-5-6-16(22-7-15)23-8-13-10-24(11-14(13)9-23)17(25)12-3-1-2-4-12/h1-2,5-7,12-14H,3-4,8-11H2. The van der Waals surface area contributed by atoms with Crippen molar-refractivity contribution in [1.82, 2.24) is 9.88 Å². The maximum atomic E-state index is 12.6. The molecule has 1 amide bonds. The lowest BCUT2D eigenvalue weighted by Gasteiger charge is -2.24. The Hall–Kier alpha value is -2.05. The van der Waals surface area contributed by atoms with Crippen LogP contribution in [0.15, 0.2) is 30.5 Å². The summed E-state index contributed by atoms with van der Waals surface area (Å²) in [6.07, 6.45) is 2.35. The van der Waals surface area contributed by atoms with Crippen LogP contribution in [0.2, 0.25) is 0 Å². The van der Waals surface area contributed by atoms with Gasteiger partial charge in [-0.25, -0.2) is 4.98 Å². The lowest BCUT2D eigenvalue weighted by molar-refractivity contribution is -0.138. The quantitative estimate of drug-likeness (QED) is 0.769. The van der Waals surface area contributed by atoms with Gasteiger partial charge in [-0.2, -0.15) is 13.2 Å². The van der Waals surface area contributed by atoms with Gasteiger partial charge in [-0.15, -0.1) is 0 Å². The van der Waals surface area contributed by atoms with Gasteiger partial charge in [0.05, 0.1) is 5.56 Å². The van der Waals surface area contributed by atoms with Crippen LogP contribution in [0, 0.1) is 17.8 Å². The number of allylic oxidation sites excluding steroid dienone is 2. The highest BCUT2D eigenvalue weighted by Crippen LogP contribution is 2.36. The predicted octanol–water partition coefficient (Wildman–Crippen LogP) is 2.96. The summed E-state index contributed by atoms with van der Waals surface area (Å²) in [6.45, 7) is 2.99. The van der Waals surface area contributed by atoms with Crippen molar-refractivity contribution >= 4 is 11.7 Å². The van der Waals surface area contributed by atoms with E-state index in [9.17, 15) is 18.0 Å². The molecule has 1 aliphatic carbocycles. The first-order valence-corrected chi connectivity index (χ1v) is 8.64. The molecule has 0 saturated carbocycles. The van der Waals surface area contributed by atoms with E-state index >= 15 is 0 Å². The van der Waals surface area contributed by atoms with Gasteiger partial charge in [0.15, 0.2) is 0 Å². The van der Waals surface area contributed by atoms with E-state index in [4.69, 9.17) is 0 Å². The molecule has 25 heavy (non-hydrogen) atoms. The van der Waals surface area contributed by atoms with Crippen LogP contribution < -0.4 is 4.90 Å². The zero-order valence-corrected chi connectivity index (χ0v) is 13.7. The van der Waals surface area contributed by atoms with E-state index in [1.807, 2.05) is 9.80 Å². The zero-order valence-electron chi connectivity index (χ0n) is 13.7. The van der Waals surface area contributed by atoms with Gasteiger partial charge in [-0.1, -0.05) is 12.2 Å². The van der Waals surface area contributed by atoms with Gasteiger partial charge in [0.25, 0.3) is 0 Å². The molecule has 0 radical (unpaired) electrons. The van der Waals surface area contributed by atoms with Crippen LogP contribution in [-0.4, -0.2) is 42.0 Å². The maximum absolute atomic E-state index is 12.6. The predicted molar refractivity (Wildman–Crippen MR) is 86.9 cm³/mol. The molecule has 0 aromatic carbocycles. The van der Waals surface area contributed by atoms with Gasteiger partial charge in [0.1, 0.15) is 5.82 Å². The molecule has 4 rings (SSSR count). The number of nitrogens with zero attached hydrogens (tertiary/aromatic N) is 3. The third kappa shape index (κ3) is 3.12. The van der Waals surface area contributed by atoms with E-state index in [0.717, 1.165) is 51.3 Å². The van der Waals surface area contributed by atoms with Crippen LogP contribution in [0.25, 0.3) is 0 Å². The Morgan fingerprint density at radius 2 is 1.68 bits per heavy atom. The largest absolute Gasteiger partial charge is 0.417 e. The fraction of sp³-hybridized carbons (Fsp3) is 0.556. The summed E-state index contributed by atoms with van der Waals surface area (Å²) in [4.78, 5) is 20.5. The second-order valence-corrected chi connectivity index (χ2v) is 7.21. The number of fused-ring (bicyclic) bond motifs is 1. The van der Waals surface area contributed by atoms with Crippen LogP contribution in [0.5, 0.6) is 0 Å². The monoisotopic (exact) mass is 351 g/mol. The SMILES string of the molecule is O=C(C1CC=CC1)N1CC2CN(c3ccc(C(F)(F)F)cn3)CC2C1. The van der Waals surface area contributed by atoms with Gasteiger partial charge in [0, 0.05) is 50.1 Å². The number of alkyl halides is 3. The van der Waals surface area contributed by atoms with Crippen LogP contribution in [0.4, 0.5) is 19.0 Å². The molecule has 4 nitrogen and oxygen atoms in total. The summed E-state index contributed by atoms with van der Waals surface area (Å²) in [5, 5.41) is 0. The molecule has 2 saturated heterocycles. The normalized spacial score (nSPS) is 26.5. The number of hydrogen-bond acceptors (Lipinski definition) is 3. The van der Waals surface area contributed by atoms with Crippen LogP contribution in [-0.2, 0) is 11.0 Å². The molecular weight excluding hydrogens is 331 g/mol. The summed E-state index contributed by atoms with van der Waals surface area (Å²) in [5.41, 5.74) is -0.724. The average Bonchev–Trinajstić information content (AvgIpc) is 3.29. The minimum Gasteiger partial charge on any atom is -0.356 e. The van der Waals surface area contributed by atoms with Crippen molar-refractivity contribution in [2.45, 2.75) is 19.0 Å². The summed E-state index contributed by atoms with van der Waals surface area (Å²) < 4.78 is 37.9. The summed E-state index contributed by atoms with van der Waals surface area (Å²) in [5.74, 6) is 1.69. The highest BCUT2D eigenvalue weighted by atomic mass is 19.4. The van der Waals surface area contributed by atoms with Crippen molar-refractivity contribution in [3.05, 3.63) is 36.0 Å². The number of likely N-dealkylation sites (tertiary alicyclic amines) is 1. The topological polar surface area (TPSA) is 36.4 Å². The molecule has 0 spiro atoms. The lowest BCUT2D eigenvalue weighted by Crippen LogP contribution is -2.36. The first-order valence-electron chi connectivity index (χ1n) is 8.64. The van der Waals surface area contributed by atoms with Crippen molar-refractivity contribution in [1.29, 1.82) is 0 Å². The fourth-order valence-corrected chi connectivity index (χ4v) is 4.18. The summed E-state index contributed by atoms with van der Waals surface area (Å²) >= 11 is 0. The number of anilines is 1. The molecule has 2 fully saturated rings. The zero-order chi connectivity index (χ0) is 17.6. The molecule has 2 unspecified atom stereocenters. The van der Waals surface area contributed by atoms with E-state index in [1.165, 1.54) is 6.07 Å². The number of hydrogen-bond donors (Lipinski definition) is 0. The van der Waals surface area contributed by atoms with Crippen LogP contribution in [0.1, 0.15) is 18.4 Å². The van der Waals surface area contributed by atoms with E-state index < -0.39 is 11.7 Å². The van der Waals surface area contributed by atoms with Crippen molar-refractivity contribution < 1.29 is 18.0 Å². The first-order chi connectivity index (χ1) is 11.9. The first kappa shape index (κ1) is 16.4. The number of halogens is 3. The summed E-state index contributed by atoms with van der Waals surface area (Å²) in [6, 6.07) is 2.52. The van der Waals surface area contributed by atoms with E-state index in [1.54, 1.807) is 0 Å². The van der Waals surface area contributed by atoms with Gasteiger partial charge < -0.3 is 9.80 Å². The maximum Gasteiger partial charge on any atom is 0.417 e. The molecule has 2 aliphatic heterocycles. The molecule has 2 atom stereocenters. The lowest BCUT2D eigenvalue weighted by atomic mass is 10.0. The van der Waals surface area contributed by atoms with E-state index in [2.05, 4.69) is 17.1 Å². The molecule has 0 N–H and O–H groups in total. The highest BCUT2D eigenvalue weighted by molar-refractivity contribution is 5.80. The Bertz CT molecular complexity index is 664. The van der Waals surface area contributed by atoms with Crippen molar-refractivity contribution in [3.63, 3.8) is 0 Å². The Morgan fingerprint density at radius 1 is 1.04 bits per heavy atom. The number of carbonyl (C=O) groups excluding carboxylic acids is 1. The second-order valence-electron chi connectivity index (χ2n) is 7.21. The Morgan fingerprint density at radius 3 is 2.20 bits per heavy atom. The molecule has 7 heteroatoms. The molecule has 134 valence electrons. The van der Waals surface area contributed by atoms with Gasteiger partial charge in [-0.05, 0) is 25.0 Å². The minimum absolute atomic E-state index is 0.103. The van der Waals surface area contributed by atoms with Crippen molar-refractivity contribution in [3.8, 4) is 0 Å². The number of rotatable bonds is 2. The molecule has 0 bridgehead atoms. The van der Waals surface area contributed by atoms with Crippen molar-refractivity contribution in [2.75, 3.05) is 31.1 Å². The molecule has 3 aliphatic rings. The van der Waals surface area contributed by atoms with E-state index in [-0.39, 0.29) is 11.8 Å². The fourth-order valence-electron chi connectivity index (χ4n) is 4.18. The van der Waals surface area contributed by atoms with Crippen LogP contribution in [0.3, 0.4) is 0 Å². The molecular formula is C18H20F3N3O. The molecule has 3 heterocycles. The smallest absolute Gasteiger partial charge is 0.356 e. The van der Waals surface area contributed by atoms with Gasteiger partial charge in [0.2, 0.25) is 5.91 Å². The number of amides is 1. The van der Waals surface area contributed by atoms with Gasteiger partial charge in [-0.3, -0.25) is 4.79 Å². The Balaban J connectivity index is 1.37. The van der Waals surface area contributed by atoms with E-state index in [0.29, 0.717) is 17.7 Å². The third-order valence-electron chi connectivity index (χ3n) is 5.55. The molecule has 1 aromatic heterocycles. The number of carbonyl (C=O) groups is 1. The number of pyridine rings is 1. The third-order valence-corrected chi connectivity index (χ3v) is 5.55. The second kappa shape index (κ2) is 6.04. The molecule has 1 aromatic rings. The average molecular weight is 351 g/mol. The minimum atomic E-state index is -4.36. The summed E-state index contributed by atoms with van der Waals surface area (Å²) in [7, 11) is 0. The van der Waals surface area contributed by atoms with Gasteiger partial charge >= 0.3 is 6.18 Å². The number of aromatic nitrogens is 1. The Kier molecular flexibility index (Phi) is 3.96. The van der Waals surface area contributed by atoms with Crippen molar-refractivity contribution in [2.24, 2.45) is 17.8 Å². The van der Waals surface area contributed by atoms with Crippen LogP contribution >= 0.6 is 0 Å². The Labute approximate surface area is 144 Å².